The maximum absolute atomic E-state index is 13.0. The van der Waals surface area contributed by atoms with Gasteiger partial charge in [-0.1, -0.05) is 35.8 Å². The molecule has 0 aliphatic carbocycles. The molecular formula is C20H20BrN3O3. The highest BCUT2D eigenvalue weighted by Gasteiger charge is 2.14. The molecule has 0 atom stereocenters. The van der Waals surface area contributed by atoms with Crippen molar-refractivity contribution >= 4 is 33.0 Å². The summed E-state index contributed by atoms with van der Waals surface area (Å²) >= 11 is 3.40. The van der Waals surface area contributed by atoms with Crippen molar-refractivity contribution in [2.75, 3.05) is 14.2 Å². The van der Waals surface area contributed by atoms with E-state index in [1.807, 2.05) is 38.1 Å². The molecule has 2 aromatic carbocycles. The van der Waals surface area contributed by atoms with Crippen molar-refractivity contribution in [1.82, 2.24) is 9.66 Å². The summed E-state index contributed by atoms with van der Waals surface area (Å²) < 4.78 is 12.9. The average Bonchev–Trinajstić information content (AvgIpc) is 2.66. The monoisotopic (exact) mass is 429 g/mol. The fourth-order valence-corrected chi connectivity index (χ4v) is 3.15. The number of hydrogen-bond acceptors (Lipinski definition) is 5. The lowest BCUT2D eigenvalue weighted by molar-refractivity contribution is 0.354. The topological polar surface area (TPSA) is 65.7 Å². The Hall–Kier alpha value is -2.67. The van der Waals surface area contributed by atoms with Crippen LogP contribution in [0.15, 0.2) is 50.8 Å². The molecule has 0 unspecified atom stereocenters. The molecule has 0 spiro atoms. The van der Waals surface area contributed by atoms with Crippen LogP contribution in [-0.2, 0) is 0 Å². The van der Waals surface area contributed by atoms with Crippen molar-refractivity contribution in [3.63, 3.8) is 0 Å². The first kappa shape index (κ1) is 19.1. The molecule has 0 fully saturated rings. The van der Waals surface area contributed by atoms with Gasteiger partial charge in [0, 0.05) is 16.0 Å². The lowest BCUT2D eigenvalue weighted by Crippen LogP contribution is -2.23. The van der Waals surface area contributed by atoms with Gasteiger partial charge in [-0.05, 0) is 30.3 Å². The zero-order valence-corrected chi connectivity index (χ0v) is 17.1. The lowest BCUT2D eigenvalue weighted by Gasteiger charge is -2.13. The molecule has 3 aromatic rings. The minimum atomic E-state index is -0.219. The molecule has 0 bridgehead atoms. The Kier molecular flexibility index (Phi) is 5.60. The third kappa shape index (κ3) is 3.73. The van der Waals surface area contributed by atoms with Crippen LogP contribution < -0.4 is 15.0 Å². The number of rotatable bonds is 5. The first-order valence-corrected chi connectivity index (χ1v) is 9.23. The van der Waals surface area contributed by atoms with Crippen molar-refractivity contribution in [3.8, 4) is 11.5 Å². The predicted octanol–water partition coefficient (Wildman–Crippen LogP) is 4.18. The third-order valence-electron chi connectivity index (χ3n) is 4.10. The molecular weight excluding hydrogens is 410 g/mol. The fourth-order valence-electron chi connectivity index (χ4n) is 2.78. The molecule has 1 heterocycles. The molecule has 0 aliphatic rings. The highest BCUT2D eigenvalue weighted by atomic mass is 79.9. The molecule has 0 saturated heterocycles. The van der Waals surface area contributed by atoms with E-state index in [9.17, 15) is 4.79 Å². The summed E-state index contributed by atoms with van der Waals surface area (Å²) in [4.78, 5) is 17.7. The van der Waals surface area contributed by atoms with Crippen molar-refractivity contribution in [2.24, 2.45) is 5.10 Å². The number of para-hydroxylation sites is 1. The van der Waals surface area contributed by atoms with E-state index in [0.717, 1.165) is 4.47 Å². The van der Waals surface area contributed by atoms with Gasteiger partial charge in [-0.25, -0.2) is 4.98 Å². The third-order valence-corrected chi connectivity index (χ3v) is 4.59. The quantitative estimate of drug-likeness (QED) is 0.570. The van der Waals surface area contributed by atoms with Crippen LogP contribution >= 0.6 is 15.9 Å². The van der Waals surface area contributed by atoms with Gasteiger partial charge in [-0.2, -0.15) is 9.78 Å². The number of ether oxygens (including phenoxy) is 2. The van der Waals surface area contributed by atoms with Crippen molar-refractivity contribution in [3.05, 3.63) is 62.6 Å². The number of fused-ring (bicyclic) bond motifs is 1. The van der Waals surface area contributed by atoms with Crippen LogP contribution in [0.2, 0.25) is 0 Å². The smallest absolute Gasteiger partial charge is 0.282 e. The van der Waals surface area contributed by atoms with Crippen molar-refractivity contribution in [2.45, 2.75) is 19.8 Å². The zero-order valence-electron chi connectivity index (χ0n) is 15.6. The van der Waals surface area contributed by atoms with E-state index in [1.54, 1.807) is 32.6 Å². The molecule has 0 saturated carbocycles. The Bertz CT molecular complexity index is 1070. The van der Waals surface area contributed by atoms with Crippen LogP contribution in [0.25, 0.3) is 10.9 Å². The summed E-state index contributed by atoms with van der Waals surface area (Å²) in [6.45, 7) is 3.95. The number of nitrogens with zero attached hydrogens (tertiary/aromatic N) is 3. The summed E-state index contributed by atoms with van der Waals surface area (Å²) in [5, 5.41) is 4.93. The maximum atomic E-state index is 13.0. The fraction of sp³-hybridized carbons (Fsp3) is 0.250. The summed E-state index contributed by atoms with van der Waals surface area (Å²) in [5.41, 5.74) is 1.13. The Labute approximate surface area is 165 Å². The second kappa shape index (κ2) is 7.92. The molecule has 0 aliphatic heterocycles. The normalized spacial score (nSPS) is 11.5. The minimum Gasteiger partial charge on any atom is -0.493 e. The Morgan fingerprint density at radius 2 is 1.96 bits per heavy atom. The van der Waals surface area contributed by atoms with E-state index in [-0.39, 0.29) is 11.5 Å². The Balaban J connectivity index is 2.20. The first-order chi connectivity index (χ1) is 13.0. The van der Waals surface area contributed by atoms with Gasteiger partial charge in [0.25, 0.3) is 5.56 Å². The van der Waals surface area contributed by atoms with Gasteiger partial charge >= 0.3 is 0 Å². The number of aromatic nitrogens is 2. The summed E-state index contributed by atoms with van der Waals surface area (Å²) in [6.07, 6.45) is 1.58. The average molecular weight is 430 g/mol. The molecule has 27 heavy (non-hydrogen) atoms. The molecule has 0 N–H and O–H groups in total. The number of halogens is 1. The molecule has 140 valence electrons. The van der Waals surface area contributed by atoms with Gasteiger partial charge in [0.1, 0.15) is 5.82 Å². The largest absolute Gasteiger partial charge is 0.493 e. The second-order valence-electron chi connectivity index (χ2n) is 6.23. The van der Waals surface area contributed by atoms with E-state index < -0.39 is 0 Å². The highest BCUT2D eigenvalue weighted by molar-refractivity contribution is 9.10. The molecule has 6 nitrogen and oxygen atoms in total. The van der Waals surface area contributed by atoms with Crippen LogP contribution in [0.4, 0.5) is 0 Å². The molecule has 0 radical (unpaired) electrons. The first-order valence-electron chi connectivity index (χ1n) is 8.43. The SMILES string of the molecule is COc1cccc(C=Nn2c(C(C)C)nc3ccc(Br)cc3c2=O)c1OC. The van der Waals surface area contributed by atoms with Crippen LogP contribution in [0, 0.1) is 0 Å². The molecule has 7 heteroatoms. The Morgan fingerprint density at radius 3 is 2.63 bits per heavy atom. The predicted molar refractivity (Wildman–Crippen MR) is 110 cm³/mol. The zero-order chi connectivity index (χ0) is 19.6. The number of hydrogen-bond donors (Lipinski definition) is 0. The van der Waals surface area contributed by atoms with E-state index >= 15 is 0 Å². The van der Waals surface area contributed by atoms with Crippen LogP contribution in [0.1, 0.15) is 31.2 Å². The number of methoxy groups -OCH3 is 2. The van der Waals surface area contributed by atoms with Gasteiger partial charge in [0.2, 0.25) is 0 Å². The summed E-state index contributed by atoms with van der Waals surface area (Å²) in [5.74, 6) is 1.76. The van der Waals surface area contributed by atoms with Gasteiger partial charge in [-0.3, -0.25) is 4.79 Å². The Morgan fingerprint density at radius 1 is 1.19 bits per heavy atom. The van der Waals surface area contributed by atoms with E-state index in [1.165, 1.54) is 4.68 Å². The summed E-state index contributed by atoms with van der Waals surface area (Å²) in [6, 6.07) is 10.9. The lowest BCUT2D eigenvalue weighted by atomic mass is 10.2. The van der Waals surface area contributed by atoms with Crippen LogP contribution in [0.3, 0.4) is 0 Å². The van der Waals surface area contributed by atoms with Crippen molar-refractivity contribution < 1.29 is 9.47 Å². The molecule has 0 amide bonds. The standard InChI is InChI=1S/C20H20BrN3O3/c1-12(2)19-23-16-9-8-14(21)10-15(16)20(25)24(19)22-11-13-6-5-7-17(26-3)18(13)27-4/h5-12H,1-4H3. The highest BCUT2D eigenvalue weighted by Crippen LogP contribution is 2.29. The molecule has 1 aromatic heterocycles. The van der Waals surface area contributed by atoms with Gasteiger partial charge < -0.3 is 9.47 Å². The second-order valence-corrected chi connectivity index (χ2v) is 7.15. The van der Waals surface area contributed by atoms with Gasteiger partial charge in [0.15, 0.2) is 11.5 Å². The minimum absolute atomic E-state index is 0.0232. The van der Waals surface area contributed by atoms with Crippen LogP contribution in [-0.4, -0.2) is 30.1 Å². The van der Waals surface area contributed by atoms with Crippen molar-refractivity contribution in [1.29, 1.82) is 0 Å². The van der Waals surface area contributed by atoms with E-state index in [2.05, 4.69) is 26.0 Å². The van der Waals surface area contributed by atoms with Gasteiger partial charge in [-0.15, -0.1) is 0 Å². The van der Waals surface area contributed by atoms with Gasteiger partial charge in [0.05, 0.1) is 31.3 Å². The summed E-state index contributed by atoms with van der Waals surface area (Å²) in [7, 11) is 3.14. The van der Waals surface area contributed by atoms with E-state index in [0.29, 0.717) is 33.8 Å². The number of benzene rings is 2. The van der Waals surface area contributed by atoms with E-state index in [4.69, 9.17) is 9.47 Å². The molecule has 3 rings (SSSR count). The van der Waals surface area contributed by atoms with Crippen LogP contribution in [0.5, 0.6) is 11.5 Å². The maximum Gasteiger partial charge on any atom is 0.282 e.